The van der Waals surface area contributed by atoms with Crippen LogP contribution < -0.4 is 10.0 Å². The second-order valence-electron chi connectivity index (χ2n) is 7.30. The van der Waals surface area contributed by atoms with Crippen LogP contribution in [0.3, 0.4) is 0 Å². The van der Waals surface area contributed by atoms with Gasteiger partial charge in [-0.1, -0.05) is 0 Å². The number of thiazole rings is 1. The van der Waals surface area contributed by atoms with Crippen LogP contribution in [0.4, 0.5) is 5.13 Å². The molecule has 0 saturated heterocycles. The molecule has 0 spiro atoms. The number of rotatable bonds is 4. The second-order valence-corrected chi connectivity index (χ2v) is 10.0. The van der Waals surface area contributed by atoms with E-state index in [0.717, 1.165) is 30.1 Å². The molecule has 0 radical (unpaired) electrons. The fourth-order valence-corrected chi connectivity index (χ4v) is 5.01. The highest BCUT2D eigenvalue weighted by Gasteiger charge is 2.26. The molecular weight excluding hydrogens is 376 g/mol. The first-order valence-electron chi connectivity index (χ1n) is 8.16. The molecule has 3 rings (SSSR count). The van der Waals surface area contributed by atoms with Crippen molar-refractivity contribution in [3.63, 3.8) is 0 Å². The highest BCUT2D eigenvalue weighted by atomic mass is 32.2. The van der Waals surface area contributed by atoms with E-state index in [9.17, 15) is 13.2 Å². The second kappa shape index (κ2) is 6.76. The Bertz CT molecular complexity index is 924. The minimum absolute atomic E-state index is 0.0791. The summed E-state index contributed by atoms with van der Waals surface area (Å²) in [6.45, 7) is 6.92. The molecule has 2 aromatic rings. The maximum absolute atomic E-state index is 12.4. The Balaban J connectivity index is 1.73. The molecule has 2 aromatic heterocycles. The van der Waals surface area contributed by atoms with Crippen molar-refractivity contribution in [3.05, 3.63) is 28.5 Å². The average molecular weight is 399 g/mol. The molecule has 2 N–H and O–H groups in total. The number of carbonyl (C=O) groups is 1. The van der Waals surface area contributed by atoms with Gasteiger partial charge in [0.25, 0.3) is 15.9 Å². The number of furan rings is 1. The predicted octanol–water partition coefficient (Wildman–Crippen LogP) is 2.05. The number of amides is 1. The SMILES string of the molecule is CN1CCc2nc(NC(=O)c3ccc(S(=O)(=O)NC(C)(C)C)o3)sc2C1. The van der Waals surface area contributed by atoms with Gasteiger partial charge in [0.15, 0.2) is 10.9 Å². The van der Waals surface area contributed by atoms with Crippen molar-refractivity contribution in [2.24, 2.45) is 0 Å². The normalized spacial score (nSPS) is 15.7. The zero-order chi connectivity index (χ0) is 19.1. The van der Waals surface area contributed by atoms with Gasteiger partial charge in [0, 0.05) is 29.9 Å². The summed E-state index contributed by atoms with van der Waals surface area (Å²) >= 11 is 1.43. The number of carbonyl (C=O) groups excluding carboxylic acids is 1. The molecule has 0 aromatic carbocycles. The fourth-order valence-electron chi connectivity index (χ4n) is 2.58. The lowest BCUT2D eigenvalue weighted by Crippen LogP contribution is -2.40. The molecule has 142 valence electrons. The van der Waals surface area contributed by atoms with Crippen LogP contribution in [0.1, 0.15) is 41.9 Å². The van der Waals surface area contributed by atoms with Crippen LogP contribution in [-0.4, -0.2) is 43.3 Å². The van der Waals surface area contributed by atoms with Gasteiger partial charge in [-0.3, -0.25) is 10.1 Å². The molecule has 0 atom stereocenters. The molecule has 8 nitrogen and oxygen atoms in total. The molecule has 10 heteroatoms. The summed E-state index contributed by atoms with van der Waals surface area (Å²) < 4.78 is 32.2. The minimum Gasteiger partial charge on any atom is -0.438 e. The maximum atomic E-state index is 12.4. The Hall–Kier alpha value is -1.75. The summed E-state index contributed by atoms with van der Waals surface area (Å²) in [4.78, 5) is 20.1. The summed E-state index contributed by atoms with van der Waals surface area (Å²) in [6.07, 6.45) is 0.847. The van der Waals surface area contributed by atoms with Gasteiger partial charge in [-0.2, -0.15) is 0 Å². The van der Waals surface area contributed by atoms with Crippen LogP contribution in [0.15, 0.2) is 21.6 Å². The van der Waals surface area contributed by atoms with Crippen molar-refractivity contribution in [2.75, 3.05) is 18.9 Å². The van der Waals surface area contributed by atoms with E-state index in [1.54, 1.807) is 20.8 Å². The Labute approximate surface area is 156 Å². The van der Waals surface area contributed by atoms with Crippen LogP contribution in [0.25, 0.3) is 0 Å². The topological polar surface area (TPSA) is 105 Å². The van der Waals surface area contributed by atoms with E-state index in [4.69, 9.17) is 4.42 Å². The number of nitrogens with zero attached hydrogens (tertiary/aromatic N) is 2. The van der Waals surface area contributed by atoms with E-state index in [-0.39, 0.29) is 10.9 Å². The van der Waals surface area contributed by atoms with Crippen LogP contribution in [0.2, 0.25) is 0 Å². The number of sulfonamides is 1. The molecule has 0 saturated carbocycles. The lowest BCUT2D eigenvalue weighted by atomic mass is 10.1. The van der Waals surface area contributed by atoms with E-state index in [1.165, 1.54) is 23.5 Å². The number of aromatic nitrogens is 1. The average Bonchev–Trinajstić information content (AvgIpc) is 3.10. The van der Waals surface area contributed by atoms with Crippen molar-refractivity contribution < 1.29 is 17.6 Å². The molecule has 1 amide bonds. The third-order valence-electron chi connectivity index (χ3n) is 3.65. The van der Waals surface area contributed by atoms with E-state index in [0.29, 0.717) is 5.13 Å². The van der Waals surface area contributed by atoms with Gasteiger partial charge in [0.1, 0.15) is 0 Å². The summed E-state index contributed by atoms with van der Waals surface area (Å²) in [5.41, 5.74) is 0.349. The number of hydrogen-bond donors (Lipinski definition) is 2. The maximum Gasteiger partial charge on any atom is 0.293 e. The largest absolute Gasteiger partial charge is 0.438 e. The van der Waals surface area contributed by atoms with Gasteiger partial charge in [0.05, 0.1) is 5.69 Å². The zero-order valence-corrected chi connectivity index (χ0v) is 16.8. The zero-order valence-electron chi connectivity index (χ0n) is 15.1. The summed E-state index contributed by atoms with van der Waals surface area (Å²) in [5.74, 6) is -0.605. The number of nitrogens with one attached hydrogen (secondary N) is 2. The highest BCUT2D eigenvalue weighted by molar-refractivity contribution is 7.89. The molecule has 26 heavy (non-hydrogen) atoms. The predicted molar refractivity (Wildman–Crippen MR) is 98.9 cm³/mol. The summed E-state index contributed by atoms with van der Waals surface area (Å²) in [5, 5.41) is 2.88. The van der Waals surface area contributed by atoms with E-state index in [2.05, 4.69) is 19.9 Å². The van der Waals surface area contributed by atoms with Gasteiger partial charge in [-0.15, -0.1) is 11.3 Å². The first-order valence-corrected chi connectivity index (χ1v) is 10.5. The molecular formula is C16H22N4O4S2. The monoisotopic (exact) mass is 398 g/mol. The fraction of sp³-hybridized carbons (Fsp3) is 0.500. The molecule has 1 aliphatic rings. The molecule has 0 fully saturated rings. The van der Waals surface area contributed by atoms with E-state index >= 15 is 0 Å². The Morgan fingerprint density at radius 3 is 2.77 bits per heavy atom. The third kappa shape index (κ3) is 4.32. The Morgan fingerprint density at radius 2 is 2.08 bits per heavy atom. The highest BCUT2D eigenvalue weighted by Crippen LogP contribution is 2.28. The van der Waals surface area contributed by atoms with Crippen molar-refractivity contribution in [2.45, 2.75) is 44.4 Å². The summed E-state index contributed by atoms with van der Waals surface area (Å²) in [7, 11) is -1.79. The first kappa shape index (κ1) is 19.0. The molecule has 1 aliphatic heterocycles. The standard InChI is InChI=1S/C16H22N4O4S2/c1-16(2,3)19-26(22,23)13-6-5-11(24-13)14(21)18-15-17-10-7-8-20(4)9-12(10)25-15/h5-6,19H,7-9H2,1-4H3,(H,17,18,21). The number of anilines is 1. The van der Waals surface area contributed by atoms with Gasteiger partial charge in [-0.25, -0.2) is 18.1 Å². The van der Waals surface area contributed by atoms with Gasteiger partial charge in [0.2, 0.25) is 5.09 Å². The van der Waals surface area contributed by atoms with Crippen LogP contribution >= 0.6 is 11.3 Å². The van der Waals surface area contributed by atoms with Crippen molar-refractivity contribution in [3.8, 4) is 0 Å². The lowest BCUT2D eigenvalue weighted by molar-refractivity contribution is 0.0991. The smallest absolute Gasteiger partial charge is 0.293 e. The van der Waals surface area contributed by atoms with Crippen molar-refractivity contribution >= 4 is 32.4 Å². The van der Waals surface area contributed by atoms with E-state index < -0.39 is 21.5 Å². The number of fused-ring (bicyclic) bond motifs is 1. The first-order chi connectivity index (χ1) is 12.0. The van der Waals surface area contributed by atoms with Gasteiger partial charge < -0.3 is 9.32 Å². The Morgan fingerprint density at radius 1 is 1.35 bits per heavy atom. The van der Waals surface area contributed by atoms with Crippen molar-refractivity contribution in [1.29, 1.82) is 0 Å². The number of likely N-dealkylation sites (N-methyl/N-ethyl adjacent to an activating group) is 1. The quantitative estimate of drug-likeness (QED) is 0.817. The van der Waals surface area contributed by atoms with Gasteiger partial charge >= 0.3 is 0 Å². The van der Waals surface area contributed by atoms with Crippen LogP contribution in [0, 0.1) is 0 Å². The lowest BCUT2D eigenvalue weighted by Gasteiger charge is -2.20. The minimum atomic E-state index is -3.83. The molecule has 3 heterocycles. The molecule has 0 aliphatic carbocycles. The summed E-state index contributed by atoms with van der Waals surface area (Å²) in [6, 6.07) is 2.61. The van der Waals surface area contributed by atoms with E-state index in [1.807, 2.05) is 7.05 Å². The molecule has 0 bridgehead atoms. The van der Waals surface area contributed by atoms with Crippen LogP contribution in [0.5, 0.6) is 0 Å². The van der Waals surface area contributed by atoms with Crippen LogP contribution in [-0.2, 0) is 23.0 Å². The Kier molecular flexibility index (Phi) is 4.95. The van der Waals surface area contributed by atoms with Crippen molar-refractivity contribution in [1.82, 2.24) is 14.6 Å². The molecule has 0 unspecified atom stereocenters. The van der Waals surface area contributed by atoms with Gasteiger partial charge in [-0.05, 0) is 40.0 Å². The number of hydrogen-bond acceptors (Lipinski definition) is 7. The third-order valence-corrected chi connectivity index (χ3v) is 6.28.